The van der Waals surface area contributed by atoms with Gasteiger partial charge in [-0.25, -0.2) is 4.98 Å². The third-order valence-electron chi connectivity index (χ3n) is 2.78. The number of hydrogen-bond donors (Lipinski definition) is 2. The molecule has 0 spiro atoms. The van der Waals surface area contributed by atoms with Crippen molar-refractivity contribution < 1.29 is 9.66 Å². The smallest absolute Gasteiger partial charge is 0.277 e. The van der Waals surface area contributed by atoms with Crippen LogP contribution in [-0.2, 0) is 0 Å². The van der Waals surface area contributed by atoms with Gasteiger partial charge in [0, 0.05) is 24.0 Å². The Balaban J connectivity index is 2.11. The molecule has 110 valence electrons. The molecule has 2 rings (SSSR count). The van der Waals surface area contributed by atoms with Crippen molar-refractivity contribution in [2.24, 2.45) is 5.73 Å². The van der Waals surface area contributed by atoms with E-state index in [1.165, 1.54) is 12.3 Å². The van der Waals surface area contributed by atoms with E-state index in [9.17, 15) is 10.1 Å². The van der Waals surface area contributed by atoms with Crippen molar-refractivity contribution in [2.45, 2.75) is 6.92 Å². The molecule has 0 fully saturated rings. The summed E-state index contributed by atoms with van der Waals surface area (Å²) < 4.78 is 5.37. The average Bonchev–Trinajstić information content (AvgIpc) is 2.48. The highest BCUT2D eigenvalue weighted by Gasteiger charge is 2.12. The largest absolute Gasteiger partial charge is 0.492 e. The summed E-state index contributed by atoms with van der Waals surface area (Å²) in [6.45, 7) is 2.56. The summed E-state index contributed by atoms with van der Waals surface area (Å²) in [5, 5.41) is 13.9. The van der Waals surface area contributed by atoms with Crippen LogP contribution in [0.1, 0.15) is 5.56 Å². The molecule has 21 heavy (non-hydrogen) atoms. The monoisotopic (exact) mass is 288 g/mol. The van der Waals surface area contributed by atoms with Gasteiger partial charge in [-0.15, -0.1) is 0 Å². The zero-order valence-electron chi connectivity index (χ0n) is 11.6. The fraction of sp³-hybridized carbons (Fsp3) is 0.214. The minimum Gasteiger partial charge on any atom is -0.492 e. The van der Waals surface area contributed by atoms with E-state index in [1.807, 2.05) is 0 Å². The first-order valence-electron chi connectivity index (χ1n) is 6.41. The third-order valence-corrected chi connectivity index (χ3v) is 2.78. The van der Waals surface area contributed by atoms with E-state index in [4.69, 9.17) is 10.5 Å². The maximum Gasteiger partial charge on any atom is 0.277 e. The second-order valence-electron chi connectivity index (χ2n) is 4.40. The first-order valence-corrected chi connectivity index (χ1v) is 6.41. The third kappa shape index (κ3) is 3.90. The summed E-state index contributed by atoms with van der Waals surface area (Å²) in [5.74, 6) is 1.14. The van der Waals surface area contributed by atoms with Gasteiger partial charge >= 0.3 is 0 Å². The molecule has 0 aliphatic rings. The van der Waals surface area contributed by atoms with E-state index in [1.54, 1.807) is 31.2 Å². The summed E-state index contributed by atoms with van der Waals surface area (Å²) in [6.07, 6.45) is 1.47. The molecule has 0 aliphatic carbocycles. The number of ether oxygens (including phenoxy) is 1. The quantitative estimate of drug-likeness (QED) is 0.624. The van der Waals surface area contributed by atoms with Crippen LogP contribution < -0.4 is 15.8 Å². The van der Waals surface area contributed by atoms with Crippen LogP contribution in [0.3, 0.4) is 0 Å². The molecule has 3 N–H and O–H groups in total. The highest BCUT2D eigenvalue weighted by atomic mass is 16.6. The molecule has 1 aromatic carbocycles. The predicted molar refractivity (Wildman–Crippen MR) is 79.9 cm³/mol. The van der Waals surface area contributed by atoms with Crippen LogP contribution in [0, 0.1) is 17.0 Å². The molecule has 1 aromatic heterocycles. The van der Waals surface area contributed by atoms with E-state index >= 15 is 0 Å². The number of aryl methyl sites for hydroxylation is 1. The molecule has 0 saturated heterocycles. The lowest BCUT2D eigenvalue weighted by atomic mass is 10.2. The second kappa shape index (κ2) is 6.67. The zero-order chi connectivity index (χ0) is 15.2. The van der Waals surface area contributed by atoms with Crippen LogP contribution in [0.25, 0.3) is 0 Å². The Morgan fingerprint density at radius 3 is 2.71 bits per heavy atom. The summed E-state index contributed by atoms with van der Waals surface area (Å²) in [6, 6.07) is 8.60. The molecule has 0 unspecified atom stereocenters. The lowest BCUT2D eigenvalue weighted by molar-refractivity contribution is -0.385. The second-order valence-corrected chi connectivity index (χ2v) is 4.40. The Morgan fingerprint density at radius 1 is 1.38 bits per heavy atom. The van der Waals surface area contributed by atoms with Crippen molar-refractivity contribution in [3.8, 4) is 5.75 Å². The van der Waals surface area contributed by atoms with Gasteiger partial charge in [0.25, 0.3) is 5.69 Å². The van der Waals surface area contributed by atoms with E-state index in [2.05, 4.69) is 10.3 Å². The number of pyridine rings is 1. The molecule has 0 bridgehead atoms. The van der Waals surface area contributed by atoms with Crippen molar-refractivity contribution in [1.82, 2.24) is 4.98 Å². The molecule has 2 aromatic rings. The highest BCUT2D eigenvalue weighted by molar-refractivity contribution is 5.60. The van der Waals surface area contributed by atoms with Gasteiger partial charge in [-0.1, -0.05) is 0 Å². The van der Waals surface area contributed by atoms with Crippen molar-refractivity contribution in [2.75, 3.05) is 18.5 Å². The molecule has 0 aliphatic heterocycles. The molecule has 7 nitrogen and oxygen atoms in total. The van der Waals surface area contributed by atoms with Gasteiger partial charge < -0.3 is 15.8 Å². The van der Waals surface area contributed by atoms with Crippen LogP contribution in [0.5, 0.6) is 5.75 Å². The van der Waals surface area contributed by atoms with E-state index in [0.29, 0.717) is 30.3 Å². The maximum atomic E-state index is 10.9. The number of nitro groups is 1. The number of nitrogens with one attached hydrogen (secondary N) is 1. The lowest BCUT2D eigenvalue weighted by Crippen LogP contribution is -2.10. The molecular weight excluding hydrogens is 272 g/mol. The molecule has 0 atom stereocenters. The fourth-order valence-electron chi connectivity index (χ4n) is 1.74. The SMILES string of the molecule is Cc1cnc(Nc2ccc(OCCN)cc2)cc1[N+](=O)[O-]. The summed E-state index contributed by atoms with van der Waals surface area (Å²) in [5.41, 5.74) is 6.68. The lowest BCUT2D eigenvalue weighted by Gasteiger charge is -2.08. The molecular formula is C14H16N4O3. The molecule has 7 heteroatoms. The Morgan fingerprint density at radius 2 is 2.10 bits per heavy atom. The number of hydrogen-bond acceptors (Lipinski definition) is 6. The first kappa shape index (κ1) is 14.7. The van der Waals surface area contributed by atoms with Crippen LogP contribution in [0.15, 0.2) is 36.5 Å². The van der Waals surface area contributed by atoms with E-state index < -0.39 is 4.92 Å². The zero-order valence-corrected chi connectivity index (χ0v) is 11.6. The van der Waals surface area contributed by atoms with Crippen molar-refractivity contribution in [3.05, 3.63) is 52.2 Å². The van der Waals surface area contributed by atoms with Gasteiger partial charge in [0.2, 0.25) is 0 Å². The van der Waals surface area contributed by atoms with E-state index in [0.717, 1.165) is 5.69 Å². The van der Waals surface area contributed by atoms with Gasteiger partial charge in [-0.2, -0.15) is 0 Å². The Labute approximate surface area is 121 Å². The van der Waals surface area contributed by atoms with Crippen molar-refractivity contribution in [3.63, 3.8) is 0 Å². The van der Waals surface area contributed by atoms with Gasteiger partial charge in [-0.05, 0) is 31.2 Å². The molecule has 0 saturated carbocycles. The summed E-state index contributed by atoms with van der Waals surface area (Å²) in [7, 11) is 0. The number of nitrogens with two attached hydrogens (primary N) is 1. The Hall–Kier alpha value is -2.67. The number of aromatic nitrogens is 1. The van der Waals surface area contributed by atoms with Crippen LogP contribution >= 0.6 is 0 Å². The minimum absolute atomic E-state index is 0.0374. The van der Waals surface area contributed by atoms with Crippen molar-refractivity contribution in [1.29, 1.82) is 0 Å². The summed E-state index contributed by atoms with van der Waals surface area (Å²) in [4.78, 5) is 14.6. The number of rotatable bonds is 6. The highest BCUT2D eigenvalue weighted by Crippen LogP contribution is 2.23. The van der Waals surface area contributed by atoms with Crippen LogP contribution in [0.4, 0.5) is 17.2 Å². The predicted octanol–water partition coefficient (Wildman–Crippen LogP) is 2.38. The van der Waals surface area contributed by atoms with Crippen molar-refractivity contribution >= 4 is 17.2 Å². The van der Waals surface area contributed by atoms with Crippen LogP contribution in [-0.4, -0.2) is 23.1 Å². The van der Waals surface area contributed by atoms with Gasteiger partial charge in [0.1, 0.15) is 18.2 Å². The normalized spacial score (nSPS) is 10.2. The molecule has 0 radical (unpaired) electrons. The van der Waals surface area contributed by atoms with Gasteiger partial charge in [0.15, 0.2) is 0 Å². The maximum absolute atomic E-state index is 10.9. The van der Waals surface area contributed by atoms with E-state index in [-0.39, 0.29) is 5.69 Å². The fourth-order valence-corrected chi connectivity index (χ4v) is 1.74. The molecule has 0 amide bonds. The first-order chi connectivity index (χ1) is 10.1. The standard InChI is InChI=1S/C14H16N4O3/c1-10-9-16-14(8-13(10)18(19)20)17-11-2-4-12(5-3-11)21-7-6-15/h2-5,8-9H,6-7,15H2,1H3,(H,16,17). The van der Waals surface area contributed by atoms with Gasteiger partial charge in [0.05, 0.1) is 11.0 Å². The molecule has 1 heterocycles. The Kier molecular flexibility index (Phi) is 4.68. The summed E-state index contributed by atoms with van der Waals surface area (Å²) >= 11 is 0. The number of benzene rings is 1. The number of anilines is 2. The van der Waals surface area contributed by atoms with Gasteiger partial charge in [-0.3, -0.25) is 10.1 Å². The Bertz CT molecular complexity index is 629. The average molecular weight is 288 g/mol. The minimum atomic E-state index is -0.425. The topological polar surface area (TPSA) is 103 Å². The van der Waals surface area contributed by atoms with Crippen LogP contribution in [0.2, 0.25) is 0 Å². The number of nitrogens with zero attached hydrogens (tertiary/aromatic N) is 2.